The summed E-state index contributed by atoms with van der Waals surface area (Å²) in [7, 11) is 0. The Kier molecular flexibility index (Phi) is 3.59. The number of rotatable bonds is 3. The van der Waals surface area contributed by atoms with Crippen LogP contribution >= 0.6 is 23.4 Å². The van der Waals surface area contributed by atoms with E-state index in [4.69, 9.17) is 11.6 Å². The second kappa shape index (κ2) is 5.14. The molecule has 0 radical (unpaired) electrons. The quantitative estimate of drug-likeness (QED) is 0.777. The molecule has 0 amide bonds. The Bertz CT molecular complexity index is 502. The monoisotopic (exact) mass is 249 g/mol. The molecule has 2 aromatic rings. The zero-order valence-corrected chi connectivity index (χ0v) is 9.83. The van der Waals surface area contributed by atoms with Crippen LogP contribution in [0.15, 0.2) is 52.5 Å². The van der Waals surface area contributed by atoms with Crippen molar-refractivity contribution in [1.29, 1.82) is 0 Å². The van der Waals surface area contributed by atoms with Crippen LogP contribution in [-0.2, 0) is 0 Å². The maximum Gasteiger partial charge on any atom is 0.152 e. The molecule has 0 atom stereocenters. The van der Waals surface area contributed by atoms with Gasteiger partial charge in [0.05, 0.1) is 5.02 Å². The van der Waals surface area contributed by atoms with Crippen LogP contribution in [0, 0.1) is 0 Å². The highest BCUT2D eigenvalue weighted by atomic mass is 35.5. The van der Waals surface area contributed by atoms with Crippen molar-refractivity contribution >= 4 is 29.6 Å². The third-order valence-corrected chi connectivity index (χ3v) is 3.34. The largest absolute Gasteiger partial charge is 0.298 e. The summed E-state index contributed by atoms with van der Waals surface area (Å²) in [5, 5.41) is 1.31. The van der Waals surface area contributed by atoms with Gasteiger partial charge in [-0.05, 0) is 24.3 Å². The van der Waals surface area contributed by atoms with E-state index in [1.165, 1.54) is 11.8 Å². The van der Waals surface area contributed by atoms with E-state index in [2.05, 4.69) is 4.98 Å². The summed E-state index contributed by atoms with van der Waals surface area (Å²) in [6, 6.07) is 11.0. The summed E-state index contributed by atoms with van der Waals surface area (Å²) in [5.41, 5.74) is 0.514. The molecule has 0 aliphatic carbocycles. The van der Waals surface area contributed by atoms with Crippen LogP contribution in [0.25, 0.3) is 0 Å². The molecule has 2 rings (SSSR count). The van der Waals surface area contributed by atoms with E-state index in [0.29, 0.717) is 10.6 Å². The van der Waals surface area contributed by atoms with Crippen molar-refractivity contribution in [3.05, 3.63) is 53.2 Å². The Balaban J connectivity index is 2.35. The van der Waals surface area contributed by atoms with E-state index in [1.807, 2.05) is 30.3 Å². The zero-order chi connectivity index (χ0) is 11.4. The van der Waals surface area contributed by atoms with Crippen LogP contribution < -0.4 is 0 Å². The molecule has 1 aromatic carbocycles. The minimum Gasteiger partial charge on any atom is -0.298 e. The molecule has 0 fully saturated rings. The van der Waals surface area contributed by atoms with Crippen molar-refractivity contribution in [3.63, 3.8) is 0 Å². The summed E-state index contributed by atoms with van der Waals surface area (Å²) < 4.78 is 0. The molecule has 1 heterocycles. The number of benzene rings is 1. The predicted octanol–water partition coefficient (Wildman–Crippen LogP) is 3.70. The molecule has 1 aromatic heterocycles. The molecular weight excluding hydrogens is 242 g/mol. The number of hydrogen-bond donors (Lipinski definition) is 0. The minimum atomic E-state index is 0.468. The van der Waals surface area contributed by atoms with E-state index in [9.17, 15) is 4.79 Å². The van der Waals surface area contributed by atoms with Crippen LogP contribution in [0.5, 0.6) is 0 Å². The van der Waals surface area contributed by atoms with Gasteiger partial charge in [-0.3, -0.25) is 4.79 Å². The predicted molar refractivity (Wildman–Crippen MR) is 65.2 cm³/mol. The second-order valence-electron chi connectivity index (χ2n) is 3.04. The minimum absolute atomic E-state index is 0.468. The summed E-state index contributed by atoms with van der Waals surface area (Å²) in [4.78, 5) is 15.9. The molecule has 0 saturated carbocycles. The van der Waals surface area contributed by atoms with E-state index < -0.39 is 0 Å². The maximum absolute atomic E-state index is 10.9. The molecule has 16 heavy (non-hydrogen) atoms. The lowest BCUT2D eigenvalue weighted by Crippen LogP contribution is -1.87. The van der Waals surface area contributed by atoms with Gasteiger partial charge in [-0.2, -0.15) is 0 Å². The van der Waals surface area contributed by atoms with Crippen LogP contribution in [0.4, 0.5) is 0 Å². The van der Waals surface area contributed by atoms with Crippen LogP contribution in [-0.4, -0.2) is 11.3 Å². The average Bonchev–Trinajstić information content (AvgIpc) is 2.31. The zero-order valence-electron chi connectivity index (χ0n) is 8.26. The van der Waals surface area contributed by atoms with Crippen molar-refractivity contribution in [2.75, 3.05) is 0 Å². The summed E-state index contributed by atoms with van der Waals surface area (Å²) in [5.74, 6) is 0. The highest BCUT2D eigenvalue weighted by Gasteiger charge is 2.07. The van der Waals surface area contributed by atoms with Gasteiger partial charge in [0.1, 0.15) is 5.03 Å². The first kappa shape index (κ1) is 11.2. The number of aldehydes is 1. The topological polar surface area (TPSA) is 30.0 Å². The fraction of sp³-hybridized carbons (Fsp3) is 0. The molecule has 0 saturated heterocycles. The Hall–Kier alpha value is -1.32. The number of halogens is 1. The summed E-state index contributed by atoms with van der Waals surface area (Å²) >= 11 is 7.36. The highest BCUT2D eigenvalue weighted by Crippen LogP contribution is 2.31. The Morgan fingerprint density at radius 2 is 2.06 bits per heavy atom. The van der Waals surface area contributed by atoms with Crippen molar-refractivity contribution in [1.82, 2.24) is 4.98 Å². The van der Waals surface area contributed by atoms with Gasteiger partial charge in [-0.1, -0.05) is 35.5 Å². The Morgan fingerprint density at radius 1 is 1.19 bits per heavy atom. The van der Waals surface area contributed by atoms with E-state index in [1.54, 1.807) is 12.3 Å². The smallest absolute Gasteiger partial charge is 0.152 e. The molecule has 0 aliphatic rings. The maximum atomic E-state index is 10.9. The standard InChI is InChI=1S/C12H8ClNOS/c13-10-4-3-5-11(9(10)8-15)16-12-6-1-2-7-14-12/h1-8H. The Labute approximate surface area is 103 Å². The number of carbonyl (C=O) groups is 1. The molecular formula is C12H8ClNOS. The fourth-order valence-corrected chi connectivity index (χ4v) is 2.42. The molecule has 0 aliphatic heterocycles. The van der Waals surface area contributed by atoms with Crippen molar-refractivity contribution in [2.45, 2.75) is 9.92 Å². The first-order chi connectivity index (χ1) is 7.81. The van der Waals surface area contributed by atoms with Crippen LogP contribution in [0.2, 0.25) is 5.02 Å². The third kappa shape index (κ3) is 2.43. The SMILES string of the molecule is O=Cc1c(Cl)cccc1Sc1ccccn1. The average molecular weight is 250 g/mol. The summed E-state index contributed by atoms with van der Waals surface area (Å²) in [6.07, 6.45) is 2.49. The number of nitrogens with zero attached hydrogens (tertiary/aromatic N) is 1. The number of carbonyl (C=O) groups excluding carboxylic acids is 1. The van der Waals surface area contributed by atoms with Gasteiger partial charge in [-0.15, -0.1) is 0 Å². The van der Waals surface area contributed by atoms with E-state index in [0.717, 1.165) is 16.2 Å². The third-order valence-electron chi connectivity index (χ3n) is 1.98. The van der Waals surface area contributed by atoms with E-state index in [-0.39, 0.29) is 0 Å². The molecule has 4 heteroatoms. The lowest BCUT2D eigenvalue weighted by Gasteiger charge is -2.04. The second-order valence-corrected chi connectivity index (χ2v) is 4.51. The number of hydrogen-bond acceptors (Lipinski definition) is 3. The van der Waals surface area contributed by atoms with Gasteiger partial charge < -0.3 is 0 Å². The van der Waals surface area contributed by atoms with E-state index >= 15 is 0 Å². The molecule has 80 valence electrons. The van der Waals surface area contributed by atoms with Gasteiger partial charge in [0, 0.05) is 16.7 Å². The number of pyridine rings is 1. The molecule has 0 unspecified atom stereocenters. The Morgan fingerprint density at radius 3 is 2.75 bits per heavy atom. The van der Waals surface area contributed by atoms with Gasteiger partial charge in [-0.25, -0.2) is 4.98 Å². The lowest BCUT2D eigenvalue weighted by atomic mass is 10.2. The summed E-state index contributed by atoms with van der Waals surface area (Å²) in [6.45, 7) is 0. The molecule has 2 nitrogen and oxygen atoms in total. The lowest BCUT2D eigenvalue weighted by molar-refractivity contribution is 0.112. The normalized spacial score (nSPS) is 10.1. The van der Waals surface area contributed by atoms with Gasteiger partial charge in [0.2, 0.25) is 0 Å². The van der Waals surface area contributed by atoms with Crippen LogP contribution in [0.3, 0.4) is 0 Å². The van der Waals surface area contributed by atoms with Gasteiger partial charge in [0.15, 0.2) is 6.29 Å². The van der Waals surface area contributed by atoms with Crippen molar-refractivity contribution in [2.24, 2.45) is 0 Å². The molecule has 0 N–H and O–H groups in total. The first-order valence-electron chi connectivity index (χ1n) is 4.64. The molecule has 0 bridgehead atoms. The highest BCUT2D eigenvalue weighted by molar-refractivity contribution is 7.99. The van der Waals surface area contributed by atoms with Crippen molar-refractivity contribution in [3.8, 4) is 0 Å². The first-order valence-corrected chi connectivity index (χ1v) is 5.83. The van der Waals surface area contributed by atoms with Gasteiger partial charge in [0.25, 0.3) is 0 Å². The molecule has 0 spiro atoms. The van der Waals surface area contributed by atoms with Crippen LogP contribution in [0.1, 0.15) is 10.4 Å². The number of aromatic nitrogens is 1. The van der Waals surface area contributed by atoms with Crippen molar-refractivity contribution < 1.29 is 4.79 Å². The fourth-order valence-electron chi connectivity index (χ4n) is 1.24. The van der Waals surface area contributed by atoms with Gasteiger partial charge >= 0.3 is 0 Å².